The average molecular weight is 341 g/mol. The van der Waals surface area contributed by atoms with Crippen LogP contribution in [0.25, 0.3) is 0 Å². The molecule has 0 saturated heterocycles. The molecule has 2 aromatic heterocycles. The van der Waals surface area contributed by atoms with Crippen molar-refractivity contribution in [1.29, 1.82) is 0 Å². The second kappa shape index (κ2) is 7.03. The minimum Gasteiger partial charge on any atom is -0.486 e. The lowest BCUT2D eigenvalue weighted by atomic mass is 10.3. The Morgan fingerprint density at radius 1 is 1.32 bits per heavy atom. The maximum absolute atomic E-state index is 5.71. The Labute approximate surface area is 126 Å². The molecule has 0 spiro atoms. The average Bonchev–Trinajstić information content (AvgIpc) is 2.82. The summed E-state index contributed by atoms with van der Waals surface area (Å²) in [5.41, 5.74) is 0. The monoisotopic (exact) mass is 340 g/mol. The molecule has 102 valence electrons. The molecule has 0 fully saturated rings. The maximum Gasteiger partial charge on any atom is 0.139 e. The summed E-state index contributed by atoms with van der Waals surface area (Å²) < 4.78 is 6.64. The molecule has 0 radical (unpaired) electrons. The Kier molecular flexibility index (Phi) is 5.36. The number of rotatable bonds is 6. The Bertz CT molecular complexity index is 528. The molecule has 19 heavy (non-hydrogen) atoms. The number of aromatic nitrogens is 1. The molecule has 0 saturated carbocycles. The molecular formula is C14H17BrN2OS. The first-order valence-electron chi connectivity index (χ1n) is 6.18. The van der Waals surface area contributed by atoms with Gasteiger partial charge in [-0.25, -0.2) is 0 Å². The van der Waals surface area contributed by atoms with Crippen molar-refractivity contribution in [1.82, 2.24) is 10.3 Å². The van der Waals surface area contributed by atoms with Gasteiger partial charge in [0.05, 0.1) is 6.20 Å². The molecule has 0 aliphatic carbocycles. The summed E-state index contributed by atoms with van der Waals surface area (Å²) >= 11 is 5.16. The summed E-state index contributed by atoms with van der Waals surface area (Å²) in [5.74, 6) is 0.782. The summed E-state index contributed by atoms with van der Waals surface area (Å²) in [6, 6.07) is 6.70. The highest BCUT2D eigenvalue weighted by Crippen LogP contribution is 2.21. The number of hydrogen-bond donors (Lipinski definition) is 1. The van der Waals surface area contributed by atoms with E-state index in [1.54, 1.807) is 23.7 Å². The van der Waals surface area contributed by atoms with Crippen LogP contribution in [0, 0.1) is 0 Å². The van der Waals surface area contributed by atoms with Gasteiger partial charge >= 0.3 is 0 Å². The van der Waals surface area contributed by atoms with E-state index >= 15 is 0 Å². The minimum atomic E-state index is 0.509. The van der Waals surface area contributed by atoms with E-state index in [0.717, 1.165) is 16.8 Å². The summed E-state index contributed by atoms with van der Waals surface area (Å²) in [4.78, 5) is 6.63. The van der Waals surface area contributed by atoms with Gasteiger partial charge in [0.25, 0.3) is 0 Å². The fourth-order valence-electron chi connectivity index (χ4n) is 1.53. The normalized spacial score (nSPS) is 10.9. The molecular weight excluding hydrogens is 324 g/mol. The molecule has 0 aliphatic heterocycles. The van der Waals surface area contributed by atoms with E-state index in [2.05, 4.69) is 52.2 Å². The zero-order chi connectivity index (χ0) is 13.7. The molecule has 0 atom stereocenters. The van der Waals surface area contributed by atoms with E-state index in [9.17, 15) is 0 Å². The third kappa shape index (κ3) is 4.93. The van der Waals surface area contributed by atoms with Crippen molar-refractivity contribution in [2.45, 2.75) is 33.0 Å². The molecule has 0 aliphatic rings. The molecule has 0 amide bonds. The zero-order valence-corrected chi connectivity index (χ0v) is 13.4. The van der Waals surface area contributed by atoms with Gasteiger partial charge in [0.2, 0.25) is 0 Å². The maximum atomic E-state index is 5.71. The third-order valence-electron chi connectivity index (χ3n) is 2.46. The summed E-state index contributed by atoms with van der Waals surface area (Å²) in [6.07, 6.45) is 3.47. The lowest BCUT2D eigenvalue weighted by molar-refractivity contribution is 0.308. The fourth-order valence-corrected chi connectivity index (χ4v) is 2.75. The van der Waals surface area contributed by atoms with Crippen molar-refractivity contribution in [2.24, 2.45) is 0 Å². The van der Waals surface area contributed by atoms with Crippen molar-refractivity contribution in [3.05, 3.63) is 44.8 Å². The van der Waals surface area contributed by atoms with Crippen LogP contribution >= 0.6 is 27.3 Å². The SMILES string of the molecule is CC(C)NCc1ccc(COc2cncc(Br)c2)s1. The van der Waals surface area contributed by atoms with Crippen molar-refractivity contribution in [3.8, 4) is 5.75 Å². The minimum absolute atomic E-state index is 0.509. The third-order valence-corrected chi connectivity index (χ3v) is 3.96. The second-order valence-corrected chi connectivity index (χ2v) is 6.70. The van der Waals surface area contributed by atoms with Crippen LogP contribution in [0.2, 0.25) is 0 Å². The van der Waals surface area contributed by atoms with Gasteiger partial charge in [-0.1, -0.05) is 13.8 Å². The van der Waals surface area contributed by atoms with E-state index in [4.69, 9.17) is 4.74 Å². The van der Waals surface area contributed by atoms with Crippen molar-refractivity contribution in [3.63, 3.8) is 0 Å². The number of hydrogen-bond acceptors (Lipinski definition) is 4. The Hall–Kier alpha value is -0.910. The van der Waals surface area contributed by atoms with Crippen LogP contribution in [-0.4, -0.2) is 11.0 Å². The topological polar surface area (TPSA) is 34.1 Å². The number of nitrogens with one attached hydrogen (secondary N) is 1. The number of ether oxygens (including phenoxy) is 1. The predicted molar refractivity (Wildman–Crippen MR) is 82.6 cm³/mol. The van der Waals surface area contributed by atoms with Gasteiger partial charge in [-0.05, 0) is 34.1 Å². The van der Waals surface area contributed by atoms with E-state index in [1.807, 2.05) is 6.07 Å². The highest BCUT2D eigenvalue weighted by molar-refractivity contribution is 9.10. The summed E-state index contributed by atoms with van der Waals surface area (Å²) in [5, 5.41) is 3.41. The first-order valence-corrected chi connectivity index (χ1v) is 7.79. The van der Waals surface area contributed by atoms with E-state index < -0.39 is 0 Å². The Morgan fingerprint density at radius 3 is 2.84 bits per heavy atom. The molecule has 2 rings (SSSR count). The number of pyridine rings is 1. The molecule has 0 unspecified atom stereocenters. The van der Waals surface area contributed by atoms with Crippen molar-refractivity contribution < 1.29 is 4.74 Å². The molecule has 3 nitrogen and oxygen atoms in total. The van der Waals surface area contributed by atoms with Gasteiger partial charge in [-0.15, -0.1) is 11.3 Å². The van der Waals surface area contributed by atoms with Crippen LogP contribution in [0.5, 0.6) is 5.75 Å². The summed E-state index contributed by atoms with van der Waals surface area (Å²) in [6.45, 7) is 5.81. The van der Waals surface area contributed by atoms with Crippen LogP contribution < -0.4 is 10.1 Å². The van der Waals surface area contributed by atoms with Gasteiger partial charge in [0.15, 0.2) is 0 Å². The molecule has 2 aromatic rings. The van der Waals surface area contributed by atoms with E-state index in [-0.39, 0.29) is 0 Å². The quantitative estimate of drug-likeness (QED) is 0.863. The highest BCUT2D eigenvalue weighted by Gasteiger charge is 2.03. The van der Waals surface area contributed by atoms with Gasteiger partial charge in [-0.2, -0.15) is 0 Å². The van der Waals surface area contributed by atoms with Crippen LogP contribution in [0.15, 0.2) is 35.1 Å². The first kappa shape index (κ1) is 14.5. The smallest absolute Gasteiger partial charge is 0.139 e. The van der Waals surface area contributed by atoms with E-state index in [1.165, 1.54) is 9.75 Å². The Balaban J connectivity index is 1.86. The molecule has 0 aromatic carbocycles. The van der Waals surface area contributed by atoms with Gasteiger partial charge < -0.3 is 10.1 Å². The Morgan fingerprint density at radius 2 is 2.11 bits per heavy atom. The molecule has 1 N–H and O–H groups in total. The summed E-state index contributed by atoms with van der Waals surface area (Å²) in [7, 11) is 0. The van der Waals surface area contributed by atoms with Crippen molar-refractivity contribution >= 4 is 27.3 Å². The number of nitrogens with zero attached hydrogens (tertiary/aromatic N) is 1. The van der Waals surface area contributed by atoms with Crippen LogP contribution in [0.4, 0.5) is 0 Å². The van der Waals surface area contributed by atoms with Gasteiger partial charge in [-0.3, -0.25) is 4.98 Å². The van der Waals surface area contributed by atoms with E-state index in [0.29, 0.717) is 12.6 Å². The fraction of sp³-hybridized carbons (Fsp3) is 0.357. The number of halogens is 1. The van der Waals surface area contributed by atoms with Gasteiger partial charge in [0.1, 0.15) is 12.4 Å². The predicted octanol–water partition coefficient (Wildman–Crippen LogP) is 3.98. The van der Waals surface area contributed by atoms with Crippen LogP contribution in [0.1, 0.15) is 23.6 Å². The lowest BCUT2D eigenvalue weighted by Gasteiger charge is -2.05. The lowest BCUT2D eigenvalue weighted by Crippen LogP contribution is -2.21. The standard InChI is InChI=1S/C14H17BrN2OS/c1-10(2)17-8-13-3-4-14(19-13)9-18-12-5-11(15)6-16-7-12/h3-7,10,17H,8-9H2,1-2H3. The first-order chi connectivity index (χ1) is 9.13. The number of thiophene rings is 1. The van der Waals surface area contributed by atoms with Crippen molar-refractivity contribution in [2.75, 3.05) is 0 Å². The molecule has 2 heterocycles. The van der Waals surface area contributed by atoms with Crippen LogP contribution in [-0.2, 0) is 13.2 Å². The van der Waals surface area contributed by atoms with Gasteiger partial charge in [0, 0.05) is 33.0 Å². The zero-order valence-electron chi connectivity index (χ0n) is 11.0. The second-order valence-electron chi connectivity index (χ2n) is 4.53. The molecule has 5 heteroatoms. The molecule has 0 bridgehead atoms. The highest BCUT2D eigenvalue weighted by atomic mass is 79.9. The largest absolute Gasteiger partial charge is 0.486 e. The van der Waals surface area contributed by atoms with Crippen LogP contribution in [0.3, 0.4) is 0 Å².